The fraction of sp³-hybridized carbons (Fsp3) is 0.556. The molecule has 132 valence electrons. The van der Waals surface area contributed by atoms with Crippen LogP contribution >= 0.6 is 0 Å². The van der Waals surface area contributed by atoms with Gasteiger partial charge in [0.05, 0.1) is 0 Å². The Morgan fingerprint density at radius 1 is 1.12 bits per heavy atom. The third-order valence-electron chi connectivity index (χ3n) is 4.13. The van der Waals surface area contributed by atoms with Crippen LogP contribution in [0, 0.1) is 5.82 Å². The molecule has 0 atom stereocenters. The van der Waals surface area contributed by atoms with Crippen molar-refractivity contribution in [1.29, 1.82) is 0 Å². The Morgan fingerprint density at radius 3 is 2.29 bits per heavy atom. The molecule has 1 heterocycles. The lowest BCUT2D eigenvalue weighted by Gasteiger charge is -2.46. The summed E-state index contributed by atoms with van der Waals surface area (Å²) < 4.78 is 13.5. The van der Waals surface area contributed by atoms with E-state index in [2.05, 4.69) is 43.6 Å². The smallest absolute Gasteiger partial charge is 0.309 e. The summed E-state index contributed by atoms with van der Waals surface area (Å²) in [7, 11) is 0. The molecule has 0 spiro atoms. The molecule has 5 nitrogen and oxygen atoms in total. The summed E-state index contributed by atoms with van der Waals surface area (Å²) >= 11 is 0. The van der Waals surface area contributed by atoms with Gasteiger partial charge in [0.25, 0.3) is 0 Å². The van der Waals surface area contributed by atoms with Crippen molar-refractivity contribution in [2.24, 2.45) is 0 Å². The molecule has 24 heavy (non-hydrogen) atoms. The van der Waals surface area contributed by atoms with Gasteiger partial charge in [-0.1, -0.05) is 18.2 Å². The van der Waals surface area contributed by atoms with Crippen molar-refractivity contribution in [3.8, 4) is 0 Å². The highest BCUT2D eigenvalue weighted by molar-refractivity contribution is 6.35. The third kappa shape index (κ3) is 5.03. The number of hydrogen-bond donors (Lipinski definition) is 3. The van der Waals surface area contributed by atoms with Gasteiger partial charge >= 0.3 is 11.8 Å². The molecule has 1 aromatic carbocycles. The normalized spacial score (nSPS) is 19.5. The molecular formula is C18H26FN3O2. The molecule has 1 fully saturated rings. The summed E-state index contributed by atoms with van der Waals surface area (Å²) in [5, 5.41) is 8.78. The monoisotopic (exact) mass is 335 g/mol. The number of hydrogen-bond acceptors (Lipinski definition) is 3. The zero-order valence-corrected chi connectivity index (χ0v) is 14.7. The molecule has 0 aromatic heterocycles. The first kappa shape index (κ1) is 18.4. The lowest BCUT2D eigenvalue weighted by atomic mass is 9.79. The largest absolute Gasteiger partial charge is 0.345 e. The number of rotatable bonds is 3. The van der Waals surface area contributed by atoms with Crippen molar-refractivity contribution in [2.45, 2.75) is 64.2 Å². The van der Waals surface area contributed by atoms with Crippen LogP contribution in [0.2, 0.25) is 0 Å². The lowest BCUT2D eigenvalue weighted by molar-refractivity contribution is -0.140. The van der Waals surface area contributed by atoms with E-state index in [1.54, 1.807) is 18.2 Å². The van der Waals surface area contributed by atoms with Crippen LogP contribution in [-0.4, -0.2) is 28.9 Å². The number of halogens is 1. The SMILES string of the molecule is CC1(C)CC(NC(=O)C(=O)NCc2ccccc2F)CC(C)(C)N1. The second-order valence-corrected chi connectivity index (χ2v) is 7.75. The van der Waals surface area contributed by atoms with E-state index in [0.29, 0.717) is 5.56 Å². The number of piperidine rings is 1. The van der Waals surface area contributed by atoms with Crippen molar-refractivity contribution in [3.05, 3.63) is 35.6 Å². The average molecular weight is 335 g/mol. The van der Waals surface area contributed by atoms with Crippen LogP contribution in [0.5, 0.6) is 0 Å². The first-order valence-corrected chi connectivity index (χ1v) is 8.19. The third-order valence-corrected chi connectivity index (χ3v) is 4.13. The molecular weight excluding hydrogens is 309 g/mol. The molecule has 0 bridgehead atoms. The van der Waals surface area contributed by atoms with Gasteiger partial charge in [-0.3, -0.25) is 9.59 Å². The second-order valence-electron chi connectivity index (χ2n) is 7.75. The van der Waals surface area contributed by atoms with E-state index in [4.69, 9.17) is 0 Å². The van der Waals surface area contributed by atoms with Crippen LogP contribution in [0.4, 0.5) is 4.39 Å². The minimum Gasteiger partial charge on any atom is -0.345 e. The molecule has 6 heteroatoms. The predicted molar refractivity (Wildman–Crippen MR) is 90.7 cm³/mol. The molecule has 1 aromatic rings. The van der Waals surface area contributed by atoms with Crippen molar-refractivity contribution in [2.75, 3.05) is 0 Å². The number of carbonyl (C=O) groups excluding carboxylic acids is 2. The Balaban J connectivity index is 1.90. The van der Waals surface area contributed by atoms with Gasteiger partial charge in [-0.25, -0.2) is 4.39 Å². The molecule has 0 unspecified atom stereocenters. The Morgan fingerprint density at radius 2 is 1.71 bits per heavy atom. The van der Waals surface area contributed by atoms with Crippen molar-refractivity contribution in [1.82, 2.24) is 16.0 Å². The van der Waals surface area contributed by atoms with Gasteiger partial charge in [0.1, 0.15) is 5.82 Å². The highest BCUT2D eigenvalue weighted by Gasteiger charge is 2.38. The van der Waals surface area contributed by atoms with Crippen LogP contribution in [0.15, 0.2) is 24.3 Å². The summed E-state index contributed by atoms with van der Waals surface area (Å²) in [6.45, 7) is 8.29. The molecule has 1 aliphatic rings. The van der Waals surface area contributed by atoms with Crippen LogP contribution in [0.1, 0.15) is 46.1 Å². The molecule has 3 N–H and O–H groups in total. The van der Waals surface area contributed by atoms with E-state index in [9.17, 15) is 14.0 Å². The van der Waals surface area contributed by atoms with Gasteiger partial charge in [-0.2, -0.15) is 0 Å². The molecule has 1 saturated heterocycles. The van der Waals surface area contributed by atoms with Crippen LogP contribution in [0.25, 0.3) is 0 Å². The first-order chi connectivity index (χ1) is 11.1. The summed E-state index contributed by atoms with van der Waals surface area (Å²) in [6, 6.07) is 6.08. The van der Waals surface area contributed by atoms with Crippen LogP contribution in [-0.2, 0) is 16.1 Å². The van der Waals surface area contributed by atoms with Gasteiger partial charge in [0, 0.05) is 29.2 Å². The Labute approximate surface area is 142 Å². The average Bonchev–Trinajstić information content (AvgIpc) is 2.42. The van der Waals surface area contributed by atoms with Crippen molar-refractivity contribution >= 4 is 11.8 Å². The standard InChI is InChI=1S/C18H26FN3O2/c1-17(2)9-13(10-18(3,4)22-17)21-16(24)15(23)20-11-12-7-5-6-8-14(12)19/h5-8,13,22H,9-11H2,1-4H3,(H,20,23)(H,21,24). The van der Waals surface area contributed by atoms with Gasteiger partial charge < -0.3 is 16.0 Å². The first-order valence-electron chi connectivity index (χ1n) is 8.19. The molecule has 0 aliphatic carbocycles. The zero-order chi connectivity index (χ0) is 18.0. The van der Waals surface area contributed by atoms with Crippen LogP contribution in [0.3, 0.4) is 0 Å². The number of nitrogens with one attached hydrogen (secondary N) is 3. The number of amides is 2. The fourth-order valence-corrected chi connectivity index (χ4v) is 3.57. The zero-order valence-electron chi connectivity index (χ0n) is 14.7. The maximum Gasteiger partial charge on any atom is 0.309 e. The van der Waals surface area contributed by atoms with E-state index in [0.717, 1.165) is 12.8 Å². The van der Waals surface area contributed by atoms with Crippen molar-refractivity contribution < 1.29 is 14.0 Å². The van der Waals surface area contributed by atoms with E-state index < -0.39 is 17.6 Å². The van der Waals surface area contributed by atoms with Gasteiger partial charge in [-0.15, -0.1) is 0 Å². The number of carbonyl (C=O) groups is 2. The van der Waals surface area contributed by atoms with E-state index in [1.807, 2.05) is 0 Å². The summed E-state index contributed by atoms with van der Waals surface area (Å²) in [5.74, 6) is -1.82. The minimum atomic E-state index is -0.743. The Hall–Kier alpha value is -1.95. The van der Waals surface area contributed by atoms with E-state index in [1.165, 1.54) is 6.07 Å². The number of benzene rings is 1. The predicted octanol–water partition coefficient (Wildman–Crippen LogP) is 1.87. The topological polar surface area (TPSA) is 70.2 Å². The Bertz CT molecular complexity index is 612. The summed E-state index contributed by atoms with van der Waals surface area (Å²) in [5.41, 5.74) is 0.106. The van der Waals surface area contributed by atoms with Gasteiger partial charge in [-0.05, 0) is 46.6 Å². The maximum absolute atomic E-state index is 13.5. The van der Waals surface area contributed by atoms with Gasteiger partial charge in [0.15, 0.2) is 0 Å². The van der Waals surface area contributed by atoms with Crippen molar-refractivity contribution in [3.63, 3.8) is 0 Å². The minimum absolute atomic E-state index is 0.0118. The van der Waals surface area contributed by atoms with E-state index in [-0.39, 0.29) is 23.7 Å². The maximum atomic E-state index is 13.5. The molecule has 0 radical (unpaired) electrons. The van der Waals surface area contributed by atoms with Crippen LogP contribution < -0.4 is 16.0 Å². The molecule has 0 saturated carbocycles. The van der Waals surface area contributed by atoms with Gasteiger partial charge in [0.2, 0.25) is 0 Å². The molecule has 2 rings (SSSR count). The van der Waals surface area contributed by atoms with E-state index >= 15 is 0 Å². The summed E-state index contributed by atoms with van der Waals surface area (Å²) in [4.78, 5) is 24.1. The Kier molecular flexibility index (Phi) is 5.28. The highest BCUT2D eigenvalue weighted by Crippen LogP contribution is 2.28. The summed E-state index contributed by atoms with van der Waals surface area (Å²) in [6.07, 6.45) is 1.48. The molecule has 1 aliphatic heterocycles. The quantitative estimate of drug-likeness (QED) is 0.739. The molecule has 2 amide bonds. The lowest BCUT2D eigenvalue weighted by Crippen LogP contribution is -2.62. The fourth-order valence-electron chi connectivity index (χ4n) is 3.57. The second kappa shape index (κ2) is 6.89. The highest BCUT2D eigenvalue weighted by atomic mass is 19.1.